The maximum absolute atomic E-state index is 13.0. The van der Waals surface area contributed by atoms with Gasteiger partial charge in [0, 0.05) is 73.9 Å². The van der Waals surface area contributed by atoms with Gasteiger partial charge in [0.1, 0.15) is 11.6 Å². The van der Waals surface area contributed by atoms with Crippen molar-refractivity contribution in [2.45, 2.75) is 70.9 Å². The Labute approximate surface area is 288 Å². The molecule has 2 N–H and O–H groups in total. The molecule has 5 heterocycles. The number of nitrogens with one attached hydrogen (secondary N) is 2. The molecule has 2 aromatic carbocycles. The van der Waals surface area contributed by atoms with Gasteiger partial charge < -0.3 is 34.8 Å². The first-order valence-electron chi connectivity index (χ1n) is 17.7. The summed E-state index contributed by atoms with van der Waals surface area (Å²) >= 11 is 0. The van der Waals surface area contributed by atoms with Gasteiger partial charge in [-0.2, -0.15) is 0 Å². The number of benzene rings is 2. The van der Waals surface area contributed by atoms with Crippen LogP contribution in [0.2, 0.25) is 0 Å². The molecule has 4 aliphatic heterocycles. The molecule has 0 saturated carbocycles. The predicted octanol–water partition coefficient (Wildman–Crippen LogP) is 4.94. The maximum atomic E-state index is 13.0. The van der Waals surface area contributed by atoms with E-state index in [-0.39, 0.29) is 24.1 Å². The minimum Gasteiger partial charge on any atom is -0.377 e. The summed E-state index contributed by atoms with van der Waals surface area (Å²) in [6.07, 6.45) is 2.42. The summed E-state index contributed by atoms with van der Waals surface area (Å²) in [6, 6.07) is 17.6. The number of anilines is 4. The van der Waals surface area contributed by atoms with Crippen molar-refractivity contribution >= 4 is 34.9 Å². The molecule has 49 heavy (non-hydrogen) atoms. The van der Waals surface area contributed by atoms with E-state index in [0.717, 1.165) is 82.5 Å². The zero-order valence-corrected chi connectivity index (χ0v) is 29.0. The molecule has 4 saturated heterocycles. The molecule has 12 nitrogen and oxygen atoms in total. The number of fused-ring (bicyclic) bond motifs is 2. The van der Waals surface area contributed by atoms with Crippen molar-refractivity contribution in [3.63, 3.8) is 0 Å². The molecular weight excluding hydrogens is 620 g/mol. The van der Waals surface area contributed by atoms with Crippen LogP contribution in [0.4, 0.5) is 27.8 Å². The number of hydrogen-bond acceptors (Lipinski definition) is 9. The highest BCUT2D eigenvalue weighted by atomic mass is 16.5. The van der Waals surface area contributed by atoms with Gasteiger partial charge in [-0.3, -0.25) is 9.69 Å². The van der Waals surface area contributed by atoms with Crippen molar-refractivity contribution in [3.05, 3.63) is 60.2 Å². The summed E-state index contributed by atoms with van der Waals surface area (Å²) in [5.41, 5.74) is 2.74. The number of carbonyl (C=O) groups excluding carboxylic acids is 2. The smallest absolute Gasteiger partial charge is 0.323 e. The summed E-state index contributed by atoms with van der Waals surface area (Å²) in [4.78, 5) is 45.0. The lowest BCUT2D eigenvalue weighted by Crippen LogP contribution is -2.50. The first kappa shape index (κ1) is 33.2. The van der Waals surface area contributed by atoms with Crippen molar-refractivity contribution in [1.29, 1.82) is 0 Å². The highest BCUT2D eigenvalue weighted by Gasteiger charge is 2.39. The predicted molar refractivity (Wildman–Crippen MR) is 191 cm³/mol. The van der Waals surface area contributed by atoms with Crippen LogP contribution in [-0.4, -0.2) is 115 Å². The van der Waals surface area contributed by atoms with E-state index >= 15 is 0 Å². The lowest BCUT2D eigenvalue weighted by atomic mass is 10.1. The van der Waals surface area contributed by atoms with Gasteiger partial charge in [0.15, 0.2) is 5.82 Å². The van der Waals surface area contributed by atoms with E-state index in [4.69, 9.17) is 19.4 Å². The zero-order valence-electron chi connectivity index (χ0n) is 29.0. The number of rotatable bonds is 7. The fourth-order valence-corrected chi connectivity index (χ4v) is 7.53. The first-order valence-corrected chi connectivity index (χ1v) is 17.7. The highest BCUT2D eigenvalue weighted by molar-refractivity contribution is 6.00. The molecule has 0 radical (unpaired) electrons. The molecule has 4 aliphatic rings. The maximum Gasteiger partial charge on any atom is 0.323 e. The minimum atomic E-state index is -0.365. The molecule has 4 unspecified atom stereocenters. The van der Waals surface area contributed by atoms with Gasteiger partial charge >= 0.3 is 6.03 Å². The summed E-state index contributed by atoms with van der Waals surface area (Å²) in [6.45, 7) is 14.7. The molecular formula is C37H48N8O4. The normalized spacial score (nSPS) is 24.3. The molecule has 7 rings (SSSR count). The number of piperazine rings is 1. The Morgan fingerprint density at radius 1 is 0.796 bits per heavy atom. The minimum absolute atomic E-state index is 0.0208. The molecule has 3 amide bonds. The van der Waals surface area contributed by atoms with Gasteiger partial charge in [-0.25, -0.2) is 14.8 Å². The number of nitrogens with zero attached hydrogens (tertiary/aromatic N) is 6. The van der Waals surface area contributed by atoms with Crippen LogP contribution in [0.5, 0.6) is 0 Å². The van der Waals surface area contributed by atoms with Crippen LogP contribution < -0.4 is 20.4 Å². The Morgan fingerprint density at radius 2 is 1.37 bits per heavy atom. The third kappa shape index (κ3) is 7.51. The number of morpholine rings is 2. The molecule has 2 bridgehead atoms. The van der Waals surface area contributed by atoms with Crippen LogP contribution in [-0.2, 0) is 9.47 Å². The number of ether oxygens (including phenoxy) is 2. The molecule has 260 valence electrons. The molecule has 4 fully saturated rings. The largest absolute Gasteiger partial charge is 0.377 e. The number of hydrogen-bond donors (Lipinski definition) is 2. The van der Waals surface area contributed by atoms with E-state index in [1.54, 1.807) is 24.3 Å². The Hall–Kier alpha value is -4.26. The van der Waals surface area contributed by atoms with E-state index < -0.39 is 0 Å². The molecule has 0 spiro atoms. The fraction of sp³-hybridized carbons (Fsp3) is 0.514. The lowest BCUT2D eigenvalue weighted by molar-refractivity contribution is -0.00546. The number of urea groups is 1. The van der Waals surface area contributed by atoms with Gasteiger partial charge in [-0.15, -0.1) is 0 Å². The average Bonchev–Trinajstić information content (AvgIpc) is 3.35. The lowest BCUT2D eigenvalue weighted by Gasteiger charge is -2.38. The second-order valence-corrected chi connectivity index (χ2v) is 14.1. The van der Waals surface area contributed by atoms with Crippen molar-refractivity contribution in [1.82, 2.24) is 19.8 Å². The monoisotopic (exact) mass is 668 g/mol. The molecule has 4 atom stereocenters. The fourth-order valence-electron chi connectivity index (χ4n) is 7.53. The molecule has 3 aromatic rings. The van der Waals surface area contributed by atoms with E-state index in [0.29, 0.717) is 40.9 Å². The Bertz CT molecular complexity index is 1600. The zero-order chi connectivity index (χ0) is 34.1. The van der Waals surface area contributed by atoms with Crippen LogP contribution in [0, 0.1) is 0 Å². The second kappa shape index (κ2) is 14.3. The summed E-state index contributed by atoms with van der Waals surface area (Å²) in [5.74, 6) is 2.51. The van der Waals surface area contributed by atoms with Crippen LogP contribution in [0.1, 0.15) is 50.9 Å². The molecule has 12 heteroatoms. The Balaban J connectivity index is 1.01. The van der Waals surface area contributed by atoms with E-state index in [1.807, 2.05) is 29.2 Å². The third-order valence-electron chi connectivity index (χ3n) is 10.1. The van der Waals surface area contributed by atoms with Crippen molar-refractivity contribution in [3.8, 4) is 11.4 Å². The van der Waals surface area contributed by atoms with Crippen molar-refractivity contribution < 1.29 is 19.1 Å². The molecule has 1 aromatic heterocycles. The van der Waals surface area contributed by atoms with E-state index in [2.05, 4.69) is 59.1 Å². The van der Waals surface area contributed by atoms with E-state index in [9.17, 15) is 9.59 Å². The molecule has 0 aliphatic carbocycles. The number of aromatic nitrogens is 2. The highest BCUT2D eigenvalue weighted by Crippen LogP contribution is 2.36. The Morgan fingerprint density at radius 3 is 1.96 bits per heavy atom. The van der Waals surface area contributed by atoms with Gasteiger partial charge in [-0.1, -0.05) is 0 Å². The van der Waals surface area contributed by atoms with Crippen LogP contribution >= 0.6 is 0 Å². The quantitative estimate of drug-likeness (QED) is 0.362. The SMILES string of the molecule is CC1CN(c2cc(N3C4CCC3COC4)nc(-c3ccc(NC(=O)Nc4ccc(C(=O)N5CCN(C(C)C)CC5)cc4)cc3)n2)CC(C)O1. The van der Waals surface area contributed by atoms with Gasteiger partial charge in [-0.05, 0) is 89.1 Å². The average molecular weight is 669 g/mol. The van der Waals surface area contributed by atoms with E-state index in [1.165, 1.54) is 0 Å². The second-order valence-electron chi connectivity index (χ2n) is 14.1. The topological polar surface area (TPSA) is 115 Å². The summed E-state index contributed by atoms with van der Waals surface area (Å²) in [5, 5.41) is 5.78. The van der Waals surface area contributed by atoms with Crippen molar-refractivity contribution in [2.24, 2.45) is 0 Å². The summed E-state index contributed by atoms with van der Waals surface area (Å²) in [7, 11) is 0. The van der Waals surface area contributed by atoms with Gasteiger partial charge in [0.05, 0.1) is 37.5 Å². The number of amides is 3. The van der Waals surface area contributed by atoms with Crippen LogP contribution in [0.15, 0.2) is 54.6 Å². The first-order chi connectivity index (χ1) is 23.7. The van der Waals surface area contributed by atoms with Gasteiger partial charge in [0.2, 0.25) is 0 Å². The Kier molecular flexibility index (Phi) is 9.71. The van der Waals surface area contributed by atoms with Gasteiger partial charge in [0.25, 0.3) is 5.91 Å². The third-order valence-corrected chi connectivity index (χ3v) is 10.1. The summed E-state index contributed by atoms with van der Waals surface area (Å²) < 4.78 is 11.9. The van der Waals surface area contributed by atoms with Crippen LogP contribution in [0.3, 0.4) is 0 Å². The van der Waals surface area contributed by atoms with Crippen LogP contribution in [0.25, 0.3) is 11.4 Å². The van der Waals surface area contributed by atoms with Crippen molar-refractivity contribution in [2.75, 3.05) is 72.9 Å². The standard InChI is InChI=1S/C37H48N8O4/c1-24(2)42-15-17-43(18-16-42)36(46)28-7-11-30(12-8-28)39-37(47)38-29-9-5-27(6-10-29)35-40-33(44-20-25(3)49-26(4)21-44)19-34(41-35)45-31-13-14-32(45)23-48-22-31/h5-12,19,24-26,31-32H,13-18,20-23H2,1-4H3,(H2,38,39,47). The number of carbonyl (C=O) groups is 2.